The van der Waals surface area contributed by atoms with Gasteiger partial charge in [0.1, 0.15) is 0 Å². The minimum atomic E-state index is -0.191. The summed E-state index contributed by atoms with van der Waals surface area (Å²) in [7, 11) is 0. The molecule has 3 fully saturated rings. The number of halogens is 1. The van der Waals surface area contributed by atoms with Gasteiger partial charge < -0.3 is 14.7 Å². The Hall–Kier alpha value is -2.44. The smallest absolute Gasteiger partial charge is 0.229 e. The minimum Gasteiger partial charge on any atom is -0.342 e. The summed E-state index contributed by atoms with van der Waals surface area (Å²) < 4.78 is 1.06. The van der Waals surface area contributed by atoms with Crippen molar-refractivity contribution in [2.45, 2.75) is 51.5 Å². The van der Waals surface area contributed by atoms with Gasteiger partial charge in [0.2, 0.25) is 11.8 Å². The molecular weight excluding hydrogens is 550 g/mol. The molecule has 39 heavy (non-hydrogen) atoms. The number of hydrogen-bond acceptors (Lipinski definition) is 3. The predicted molar refractivity (Wildman–Crippen MR) is 160 cm³/mol. The Morgan fingerprint density at radius 3 is 2.44 bits per heavy atom. The van der Waals surface area contributed by atoms with Gasteiger partial charge in [-0.1, -0.05) is 71.4 Å². The van der Waals surface area contributed by atoms with Gasteiger partial charge in [-0.15, -0.1) is 6.58 Å². The average Bonchev–Trinajstić information content (AvgIpc) is 3.49. The number of benzene rings is 2. The third-order valence-electron chi connectivity index (χ3n) is 9.31. The number of carbonyl (C=O) groups is 2. The van der Waals surface area contributed by atoms with Crippen LogP contribution >= 0.6 is 15.9 Å². The molecule has 0 saturated carbocycles. The summed E-state index contributed by atoms with van der Waals surface area (Å²) in [5.41, 5.74) is 2.33. The highest BCUT2D eigenvalue weighted by Crippen LogP contribution is 2.43. The van der Waals surface area contributed by atoms with Gasteiger partial charge in [0, 0.05) is 49.5 Å². The molecule has 0 bridgehead atoms. The lowest BCUT2D eigenvalue weighted by Crippen LogP contribution is -2.46. The Kier molecular flexibility index (Phi) is 8.92. The molecule has 3 aliphatic heterocycles. The third-order valence-corrected chi connectivity index (χ3v) is 9.84. The van der Waals surface area contributed by atoms with Crippen molar-refractivity contribution in [1.29, 1.82) is 0 Å². The zero-order valence-corrected chi connectivity index (χ0v) is 24.8. The van der Waals surface area contributed by atoms with Crippen LogP contribution in [0.1, 0.15) is 56.1 Å². The lowest BCUT2D eigenvalue weighted by molar-refractivity contribution is -0.139. The first-order chi connectivity index (χ1) is 18.9. The van der Waals surface area contributed by atoms with E-state index in [9.17, 15) is 9.59 Å². The van der Waals surface area contributed by atoms with Gasteiger partial charge in [-0.2, -0.15) is 0 Å². The molecule has 0 aliphatic carbocycles. The summed E-state index contributed by atoms with van der Waals surface area (Å²) >= 11 is 3.50. The Balaban J connectivity index is 1.19. The zero-order valence-electron chi connectivity index (χ0n) is 23.2. The van der Waals surface area contributed by atoms with Gasteiger partial charge in [0.25, 0.3) is 0 Å². The lowest BCUT2D eigenvalue weighted by Gasteiger charge is -2.39. The predicted octanol–water partition coefficient (Wildman–Crippen LogP) is 6.11. The van der Waals surface area contributed by atoms with Crippen LogP contribution in [0.4, 0.5) is 0 Å². The Morgan fingerprint density at radius 1 is 1.05 bits per heavy atom. The van der Waals surface area contributed by atoms with E-state index >= 15 is 0 Å². The number of nitrogens with zero attached hydrogens (tertiary/aromatic N) is 3. The molecule has 3 heterocycles. The van der Waals surface area contributed by atoms with E-state index in [1.165, 1.54) is 11.1 Å². The molecule has 6 heteroatoms. The van der Waals surface area contributed by atoms with Gasteiger partial charge in [-0.25, -0.2) is 0 Å². The van der Waals surface area contributed by atoms with E-state index in [-0.39, 0.29) is 11.3 Å². The Bertz CT molecular complexity index is 1140. The van der Waals surface area contributed by atoms with Crippen molar-refractivity contribution in [3.63, 3.8) is 0 Å². The normalized spacial score (nSPS) is 23.9. The number of allylic oxidation sites excluding steroid dienone is 1. The summed E-state index contributed by atoms with van der Waals surface area (Å²) in [6.45, 7) is 12.1. The molecule has 5 nitrogen and oxygen atoms in total. The SMILES string of the molecule is C=CCC(C)CC(=O)N1C[C@H](CN2CCC3(CC2)CCN(Cc2ccc(Br)cc2)C3=O)[C@@H](c2ccccc2)C1. The van der Waals surface area contributed by atoms with Crippen molar-refractivity contribution in [3.8, 4) is 0 Å². The number of rotatable bonds is 9. The molecule has 2 amide bonds. The Labute approximate surface area is 242 Å². The van der Waals surface area contributed by atoms with Crippen LogP contribution in [0.15, 0.2) is 71.7 Å². The van der Waals surface area contributed by atoms with E-state index in [1.54, 1.807) is 0 Å². The largest absolute Gasteiger partial charge is 0.342 e. The molecule has 3 saturated heterocycles. The first-order valence-electron chi connectivity index (χ1n) is 14.6. The van der Waals surface area contributed by atoms with Crippen LogP contribution < -0.4 is 0 Å². The number of amides is 2. The molecule has 3 atom stereocenters. The first kappa shape index (κ1) is 28.1. The number of likely N-dealkylation sites (tertiary alicyclic amines) is 3. The average molecular weight is 593 g/mol. The molecule has 2 aromatic carbocycles. The van der Waals surface area contributed by atoms with Crippen LogP contribution in [0.25, 0.3) is 0 Å². The summed E-state index contributed by atoms with van der Waals surface area (Å²) in [4.78, 5) is 33.4. The maximum atomic E-state index is 13.5. The standard InChI is InChI=1S/C33H42BrN3O2/c1-3-7-25(2)20-31(38)37-23-28(30(24-37)27-8-5-4-6-9-27)22-35-17-14-33(15-18-35)16-19-36(32(33)39)21-26-10-12-29(34)13-11-26/h3-6,8-13,25,28,30H,1,7,14-24H2,2H3/t25?,28-,30+/m0/s1. The highest BCUT2D eigenvalue weighted by molar-refractivity contribution is 9.10. The van der Waals surface area contributed by atoms with Gasteiger partial charge in [-0.05, 0) is 73.9 Å². The van der Waals surface area contributed by atoms with Crippen molar-refractivity contribution in [1.82, 2.24) is 14.7 Å². The minimum absolute atomic E-state index is 0.191. The quantitative estimate of drug-likeness (QED) is 0.330. The van der Waals surface area contributed by atoms with Crippen LogP contribution in [0, 0.1) is 17.3 Å². The summed E-state index contributed by atoms with van der Waals surface area (Å²) in [5.74, 6) is 1.71. The maximum absolute atomic E-state index is 13.5. The van der Waals surface area contributed by atoms with E-state index in [2.05, 4.69) is 86.6 Å². The highest BCUT2D eigenvalue weighted by atomic mass is 79.9. The van der Waals surface area contributed by atoms with Gasteiger partial charge in [0.15, 0.2) is 0 Å². The molecule has 2 aromatic rings. The van der Waals surface area contributed by atoms with Gasteiger partial charge in [-0.3, -0.25) is 9.59 Å². The molecule has 0 radical (unpaired) electrons. The fourth-order valence-corrected chi connectivity index (χ4v) is 7.21. The second-order valence-electron chi connectivity index (χ2n) is 12.1. The first-order valence-corrected chi connectivity index (χ1v) is 15.4. The summed E-state index contributed by atoms with van der Waals surface area (Å²) in [6, 6.07) is 19.0. The van der Waals surface area contributed by atoms with E-state index < -0.39 is 0 Å². The molecule has 0 aromatic heterocycles. The molecular formula is C33H42BrN3O2. The molecule has 5 rings (SSSR count). The van der Waals surface area contributed by atoms with Crippen molar-refractivity contribution >= 4 is 27.7 Å². The number of carbonyl (C=O) groups excluding carboxylic acids is 2. The molecule has 0 N–H and O–H groups in total. The fourth-order valence-electron chi connectivity index (χ4n) is 6.95. The Morgan fingerprint density at radius 2 is 1.74 bits per heavy atom. The second-order valence-corrected chi connectivity index (χ2v) is 13.0. The van der Waals surface area contributed by atoms with Crippen LogP contribution in [0.2, 0.25) is 0 Å². The monoisotopic (exact) mass is 591 g/mol. The lowest BCUT2D eigenvalue weighted by atomic mass is 9.76. The highest BCUT2D eigenvalue weighted by Gasteiger charge is 2.48. The van der Waals surface area contributed by atoms with E-state index in [0.717, 1.165) is 69.4 Å². The van der Waals surface area contributed by atoms with Crippen LogP contribution in [-0.4, -0.2) is 65.8 Å². The number of piperidine rings is 1. The molecule has 208 valence electrons. The van der Waals surface area contributed by atoms with Crippen molar-refractivity contribution in [2.24, 2.45) is 17.3 Å². The van der Waals surface area contributed by atoms with Crippen molar-refractivity contribution in [2.75, 3.05) is 39.3 Å². The van der Waals surface area contributed by atoms with Gasteiger partial charge >= 0.3 is 0 Å². The second kappa shape index (κ2) is 12.4. The topological polar surface area (TPSA) is 43.9 Å². The zero-order chi connectivity index (χ0) is 27.4. The molecule has 1 spiro atoms. The van der Waals surface area contributed by atoms with Crippen molar-refractivity contribution in [3.05, 3.63) is 82.9 Å². The maximum Gasteiger partial charge on any atom is 0.229 e. The van der Waals surface area contributed by atoms with Gasteiger partial charge in [0.05, 0.1) is 5.41 Å². The molecule has 3 aliphatic rings. The van der Waals surface area contributed by atoms with E-state index in [1.807, 2.05) is 18.2 Å². The fraction of sp³-hybridized carbons (Fsp3) is 0.515. The van der Waals surface area contributed by atoms with Crippen LogP contribution in [0.5, 0.6) is 0 Å². The summed E-state index contributed by atoms with van der Waals surface area (Å²) in [5, 5.41) is 0. The van der Waals surface area contributed by atoms with Crippen molar-refractivity contribution < 1.29 is 9.59 Å². The van der Waals surface area contributed by atoms with E-state index in [0.29, 0.717) is 36.6 Å². The van der Waals surface area contributed by atoms with Crippen LogP contribution in [-0.2, 0) is 16.1 Å². The van der Waals surface area contributed by atoms with Crippen LogP contribution in [0.3, 0.4) is 0 Å². The third kappa shape index (κ3) is 6.49. The number of hydrogen-bond donors (Lipinski definition) is 0. The van der Waals surface area contributed by atoms with E-state index in [4.69, 9.17) is 0 Å². The summed E-state index contributed by atoms with van der Waals surface area (Å²) in [6.07, 6.45) is 6.22. The molecule has 1 unspecified atom stereocenters.